The van der Waals surface area contributed by atoms with Gasteiger partial charge in [0.05, 0.1) is 0 Å². The first-order valence-corrected chi connectivity index (χ1v) is 8.09. The number of hydrogen-bond donors (Lipinski definition) is 1. The zero-order valence-electron chi connectivity index (χ0n) is 13.0. The van der Waals surface area contributed by atoms with Crippen LogP contribution in [0.3, 0.4) is 0 Å². The van der Waals surface area contributed by atoms with E-state index in [0.29, 0.717) is 6.42 Å². The molecule has 1 spiro atoms. The van der Waals surface area contributed by atoms with E-state index in [4.69, 9.17) is 0 Å². The number of para-hydroxylation sites is 1. The van der Waals surface area contributed by atoms with Crippen LogP contribution in [0.15, 0.2) is 66.7 Å². The first-order chi connectivity index (χ1) is 11.3. The maximum atomic E-state index is 12.2. The number of nitrogens with one attached hydrogen (secondary N) is 1. The van der Waals surface area contributed by atoms with E-state index in [1.54, 1.807) is 0 Å². The summed E-state index contributed by atoms with van der Waals surface area (Å²) in [4.78, 5) is 14.6. The fourth-order valence-electron chi connectivity index (χ4n) is 3.80. The SMILES string of the molecule is O=C1CC2(C=CCN(Cc3ccccc3)C2)c2ccccc2N1. The van der Waals surface area contributed by atoms with Gasteiger partial charge in [0, 0.05) is 37.2 Å². The maximum absolute atomic E-state index is 12.2. The zero-order valence-corrected chi connectivity index (χ0v) is 13.0. The number of benzene rings is 2. The number of carbonyl (C=O) groups is 1. The molecule has 3 nitrogen and oxygen atoms in total. The number of carbonyl (C=O) groups excluding carboxylic acids is 1. The summed E-state index contributed by atoms with van der Waals surface area (Å²) in [6, 6.07) is 18.7. The lowest BCUT2D eigenvalue weighted by molar-refractivity contribution is -0.117. The van der Waals surface area contributed by atoms with Gasteiger partial charge >= 0.3 is 0 Å². The lowest BCUT2D eigenvalue weighted by Gasteiger charge is -2.42. The highest BCUT2D eigenvalue weighted by Gasteiger charge is 2.40. The highest BCUT2D eigenvalue weighted by Crippen LogP contribution is 2.41. The Hall–Kier alpha value is -2.39. The highest BCUT2D eigenvalue weighted by molar-refractivity contribution is 5.96. The van der Waals surface area contributed by atoms with Crippen molar-refractivity contribution in [2.45, 2.75) is 18.4 Å². The van der Waals surface area contributed by atoms with Gasteiger partial charge in [0.1, 0.15) is 0 Å². The molecular formula is C20H20N2O. The molecule has 2 aliphatic heterocycles. The zero-order chi connectivity index (χ0) is 15.7. The molecule has 2 aromatic carbocycles. The van der Waals surface area contributed by atoms with E-state index in [0.717, 1.165) is 25.3 Å². The molecule has 0 radical (unpaired) electrons. The average Bonchev–Trinajstić information content (AvgIpc) is 2.56. The smallest absolute Gasteiger partial charge is 0.225 e. The molecule has 0 aromatic heterocycles. The summed E-state index contributed by atoms with van der Waals surface area (Å²) in [7, 11) is 0. The van der Waals surface area contributed by atoms with Crippen molar-refractivity contribution in [2.24, 2.45) is 0 Å². The van der Waals surface area contributed by atoms with Gasteiger partial charge in [-0.3, -0.25) is 9.69 Å². The fraction of sp³-hybridized carbons (Fsp3) is 0.250. The van der Waals surface area contributed by atoms with E-state index >= 15 is 0 Å². The number of rotatable bonds is 2. The van der Waals surface area contributed by atoms with Crippen LogP contribution in [0.1, 0.15) is 17.5 Å². The van der Waals surface area contributed by atoms with Gasteiger partial charge in [-0.2, -0.15) is 0 Å². The number of hydrogen-bond acceptors (Lipinski definition) is 2. The fourth-order valence-corrected chi connectivity index (χ4v) is 3.80. The van der Waals surface area contributed by atoms with E-state index < -0.39 is 0 Å². The molecule has 1 amide bonds. The molecule has 3 heteroatoms. The Balaban J connectivity index is 1.65. The molecule has 0 bridgehead atoms. The molecule has 0 fully saturated rings. The van der Waals surface area contributed by atoms with Crippen LogP contribution in [-0.4, -0.2) is 23.9 Å². The van der Waals surface area contributed by atoms with Crippen LogP contribution in [0.5, 0.6) is 0 Å². The molecule has 2 heterocycles. The third-order valence-electron chi connectivity index (χ3n) is 4.77. The second kappa shape index (κ2) is 5.67. The van der Waals surface area contributed by atoms with E-state index in [-0.39, 0.29) is 11.3 Å². The van der Waals surface area contributed by atoms with Crippen LogP contribution < -0.4 is 5.32 Å². The van der Waals surface area contributed by atoms with E-state index in [1.807, 2.05) is 18.2 Å². The molecule has 1 atom stereocenters. The Morgan fingerprint density at radius 1 is 1.04 bits per heavy atom. The van der Waals surface area contributed by atoms with Gasteiger partial charge in [0.2, 0.25) is 5.91 Å². The number of fused-ring (bicyclic) bond motifs is 2. The lowest BCUT2D eigenvalue weighted by atomic mass is 9.72. The normalized spacial score (nSPS) is 23.6. The van der Waals surface area contributed by atoms with Crippen molar-refractivity contribution < 1.29 is 4.79 Å². The van der Waals surface area contributed by atoms with Crippen LogP contribution in [-0.2, 0) is 16.8 Å². The van der Waals surface area contributed by atoms with Crippen molar-refractivity contribution in [1.29, 1.82) is 0 Å². The third kappa shape index (κ3) is 2.68. The molecule has 0 aliphatic carbocycles. The van der Waals surface area contributed by atoms with E-state index in [1.165, 1.54) is 11.1 Å². The molecule has 23 heavy (non-hydrogen) atoms. The Morgan fingerprint density at radius 2 is 1.83 bits per heavy atom. The van der Waals surface area contributed by atoms with Gasteiger partial charge in [-0.1, -0.05) is 60.7 Å². The van der Waals surface area contributed by atoms with Crippen molar-refractivity contribution >= 4 is 11.6 Å². The molecule has 4 rings (SSSR count). The Bertz CT molecular complexity index is 753. The molecule has 116 valence electrons. The largest absolute Gasteiger partial charge is 0.326 e. The topological polar surface area (TPSA) is 32.3 Å². The number of anilines is 1. The summed E-state index contributed by atoms with van der Waals surface area (Å²) in [5.41, 5.74) is 3.29. The molecule has 1 N–H and O–H groups in total. The molecule has 1 unspecified atom stereocenters. The summed E-state index contributed by atoms with van der Waals surface area (Å²) in [6.07, 6.45) is 4.97. The van der Waals surface area contributed by atoms with E-state index in [9.17, 15) is 4.79 Å². The Morgan fingerprint density at radius 3 is 2.70 bits per heavy atom. The van der Waals surface area contributed by atoms with Gasteiger partial charge in [0.25, 0.3) is 0 Å². The maximum Gasteiger partial charge on any atom is 0.225 e. The molecule has 0 saturated carbocycles. The van der Waals surface area contributed by atoms with Crippen LogP contribution >= 0.6 is 0 Å². The van der Waals surface area contributed by atoms with Gasteiger partial charge in [0.15, 0.2) is 0 Å². The summed E-state index contributed by atoms with van der Waals surface area (Å²) in [6.45, 7) is 2.72. The van der Waals surface area contributed by atoms with Crippen LogP contribution in [0.2, 0.25) is 0 Å². The summed E-state index contributed by atoms with van der Waals surface area (Å²) in [5, 5.41) is 3.00. The van der Waals surface area contributed by atoms with Gasteiger partial charge in [-0.05, 0) is 17.2 Å². The van der Waals surface area contributed by atoms with E-state index in [2.05, 4.69) is 58.8 Å². The van der Waals surface area contributed by atoms with Gasteiger partial charge in [-0.25, -0.2) is 0 Å². The average molecular weight is 304 g/mol. The first kappa shape index (κ1) is 14.2. The standard InChI is InChI=1S/C20H20N2O/c23-19-13-20(17-9-4-5-10-18(17)21-19)11-6-12-22(15-20)14-16-7-2-1-3-8-16/h1-11H,12-15H2,(H,21,23). The minimum Gasteiger partial charge on any atom is -0.326 e. The summed E-state index contributed by atoms with van der Waals surface area (Å²) in [5.74, 6) is 0.106. The monoisotopic (exact) mass is 304 g/mol. The minimum absolute atomic E-state index is 0.106. The quantitative estimate of drug-likeness (QED) is 0.863. The van der Waals surface area contributed by atoms with Crippen molar-refractivity contribution in [3.05, 3.63) is 77.9 Å². The van der Waals surface area contributed by atoms with Crippen molar-refractivity contribution in [3.63, 3.8) is 0 Å². The van der Waals surface area contributed by atoms with Crippen molar-refractivity contribution in [3.8, 4) is 0 Å². The molecule has 2 aliphatic rings. The first-order valence-electron chi connectivity index (χ1n) is 8.09. The lowest BCUT2D eigenvalue weighted by Crippen LogP contribution is -2.47. The number of nitrogens with zero attached hydrogens (tertiary/aromatic N) is 1. The Labute approximate surface area is 136 Å². The van der Waals surface area contributed by atoms with Crippen LogP contribution in [0.4, 0.5) is 5.69 Å². The molecular weight excluding hydrogens is 284 g/mol. The van der Waals surface area contributed by atoms with Crippen molar-refractivity contribution in [2.75, 3.05) is 18.4 Å². The highest BCUT2D eigenvalue weighted by atomic mass is 16.1. The van der Waals surface area contributed by atoms with Crippen LogP contribution in [0, 0.1) is 0 Å². The number of amides is 1. The molecule has 0 saturated heterocycles. The predicted molar refractivity (Wildman–Crippen MR) is 92.2 cm³/mol. The summed E-state index contributed by atoms with van der Waals surface area (Å²) >= 11 is 0. The second-order valence-corrected chi connectivity index (χ2v) is 6.48. The predicted octanol–water partition coefficient (Wildman–Crippen LogP) is 3.34. The second-order valence-electron chi connectivity index (χ2n) is 6.48. The van der Waals surface area contributed by atoms with Crippen LogP contribution in [0.25, 0.3) is 0 Å². The van der Waals surface area contributed by atoms with Gasteiger partial charge < -0.3 is 5.32 Å². The minimum atomic E-state index is -0.202. The third-order valence-corrected chi connectivity index (χ3v) is 4.77. The summed E-state index contributed by atoms with van der Waals surface area (Å²) < 4.78 is 0. The molecule has 2 aromatic rings. The van der Waals surface area contributed by atoms with Gasteiger partial charge in [-0.15, -0.1) is 0 Å². The van der Waals surface area contributed by atoms with Crippen molar-refractivity contribution in [1.82, 2.24) is 4.90 Å². The Kier molecular flexibility index (Phi) is 3.50.